The van der Waals surface area contributed by atoms with Crippen LogP contribution in [0.25, 0.3) is 22.2 Å². The number of fused-ring (bicyclic) bond motifs is 1. The van der Waals surface area contributed by atoms with Crippen molar-refractivity contribution in [1.29, 1.82) is 0 Å². The van der Waals surface area contributed by atoms with E-state index in [0.717, 1.165) is 68.3 Å². The number of aromatic nitrogens is 3. The summed E-state index contributed by atoms with van der Waals surface area (Å²) in [6.07, 6.45) is 18.1. The molecule has 0 saturated carbocycles. The van der Waals surface area contributed by atoms with Gasteiger partial charge in [0.25, 0.3) is 5.56 Å². The Balaban J connectivity index is 0.000000286. The fourth-order valence-electron chi connectivity index (χ4n) is 5.86. The molecule has 1 aliphatic rings. The van der Waals surface area contributed by atoms with Crippen molar-refractivity contribution in [3.8, 4) is 24.0 Å². The fraction of sp³-hybridized carbons (Fsp3) is 0.385. The van der Waals surface area contributed by atoms with Crippen molar-refractivity contribution in [1.82, 2.24) is 25.2 Å². The lowest BCUT2D eigenvalue weighted by atomic mass is 10.0. The van der Waals surface area contributed by atoms with Crippen LogP contribution in [-0.4, -0.2) is 69.8 Å². The van der Waals surface area contributed by atoms with Gasteiger partial charge in [-0.2, -0.15) is 16.7 Å². The van der Waals surface area contributed by atoms with Crippen molar-refractivity contribution in [3.63, 3.8) is 0 Å². The number of unbranched alkanes of at least 4 members (excludes halogenated alkanes) is 4. The zero-order valence-corrected chi connectivity index (χ0v) is 32.9. The summed E-state index contributed by atoms with van der Waals surface area (Å²) in [4.78, 5) is 54.3. The summed E-state index contributed by atoms with van der Waals surface area (Å²) in [5.41, 5.74) is 9.00. The monoisotopic (exact) mass is 794 g/mol. The van der Waals surface area contributed by atoms with Gasteiger partial charge >= 0.3 is 0 Å². The van der Waals surface area contributed by atoms with Gasteiger partial charge in [-0.15, -0.1) is 12.8 Å². The summed E-state index contributed by atoms with van der Waals surface area (Å²) < 4.78 is 1.47. The molecule has 288 valence electrons. The van der Waals surface area contributed by atoms with E-state index >= 15 is 0 Å². The van der Waals surface area contributed by atoms with Crippen LogP contribution in [0.4, 0.5) is 17.3 Å². The van der Waals surface area contributed by atoms with Crippen LogP contribution in [0.2, 0.25) is 10.0 Å². The average Bonchev–Trinajstić information content (AvgIpc) is 3.53. The van der Waals surface area contributed by atoms with Gasteiger partial charge in [-0.25, -0.2) is 4.98 Å². The van der Waals surface area contributed by atoms with E-state index in [2.05, 4.69) is 44.1 Å². The summed E-state index contributed by atoms with van der Waals surface area (Å²) in [5, 5.41) is 13.8. The lowest BCUT2D eigenvalue weighted by molar-refractivity contribution is -0.121. The number of nitrogens with one attached hydrogen (secondary N) is 4. The first-order valence-electron chi connectivity index (χ1n) is 17.6. The van der Waals surface area contributed by atoms with E-state index in [9.17, 15) is 19.2 Å². The van der Waals surface area contributed by atoms with Crippen LogP contribution in [0.5, 0.6) is 0 Å². The van der Waals surface area contributed by atoms with Gasteiger partial charge in [-0.3, -0.25) is 19.0 Å². The largest absolute Gasteiger partial charge is 0.388 e. The van der Waals surface area contributed by atoms with Gasteiger partial charge in [0.1, 0.15) is 11.9 Å². The topological polar surface area (TPSA) is 173 Å². The number of hydrogen-bond acceptors (Lipinski definition) is 10. The number of aryl methyl sites for hydroxylation is 1. The minimum atomic E-state index is -0.240. The van der Waals surface area contributed by atoms with E-state index in [1.807, 2.05) is 43.1 Å². The Labute approximate surface area is 330 Å². The number of halogens is 2. The van der Waals surface area contributed by atoms with Crippen LogP contribution in [0.1, 0.15) is 51.4 Å². The molecule has 5 rings (SSSR count). The maximum Gasteiger partial charge on any atom is 0.259 e. The second-order valence-electron chi connectivity index (χ2n) is 12.4. The van der Waals surface area contributed by atoms with Gasteiger partial charge in [0, 0.05) is 79.0 Å². The standard InChI is InChI=1S/C21H17Cl2N5O.C16H29N3O3S.C2H2/c1-24-13-6-8-14(9-7-13)26-21-25-11-12-10-15(20(29)28(2)19(12)27-21)18-16(22)4-3-5-17(18)23;17-13-11-23-14(16(13)19-12-21)7-3-4-8-15(22)18-9-5-1-2-6-10-20;1-2/h3-11,24H,1-2H3,(H,25,26,27);10,12-14,16H,1-9,11,17H2,(H,18,22)(H,19,21);1-2H/t;13?,14-,16?;/m.0./s1. The molecule has 15 heteroatoms. The summed E-state index contributed by atoms with van der Waals surface area (Å²) in [7, 11) is 3.52. The number of carbonyl (C=O) groups excluding carboxylic acids is 3. The molecule has 0 radical (unpaired) electrons. The summed E-state index contributed by atoms with van der Waals surface area (Å²) >= 11 is 14.4. The highest BCUT2D eigenvalue weighted by Gasteiger charge is 2.33. The predicted octanol–water partition coefficient (Wildman–Crippen LogP) is 6.32. The number of amides is 2. The number of terminal acetylenes is 1. The van der Waals surface area contributed by atoms with Crippen molar-refractivity contribution in [3.05, 3.63) is 75.1 Å². The van der Waals surface area contributed by atoms with Gasteiger partial charge < -0.3 is 31.8 Å². The Bertz CT molecular complexity index is 1890. The van der Waals surface area contributed by atoms with Crippen molar-refractivity contribution in [2.24, 2.45) is 12.8 Å². The SMILES string of the molecule is C#C.CNc1ccc(Nc2ncc3cc(-c4c(Cl)cccc4Cl)c(=O)n(C)c3n2)cc1.NC1CS[C@@H](CCCCC(=O)NCCCCCC=O)C1NC=O. The third kappa shape index (κ3) is 12.8. The number of aldehydes is 1. The van der Waals surface area contributed by atoms with Gasteiger partial charge in [0.2, 0.25) is 18.3 Å². The maximum atomic E-state index is 13.0. The number of anilines is 3. The number of thioether (sulfide) groups is 1. The fourth-order valence-corrected chi connectivity index (χ4v) is 7.96. The molecular formula is C39H48Cl2N8O4S. The van der Waals surface area contributed by atoms with Crippen molar-refractivity contribution in [2.75, 3.05) is 30.0 Å². The molecule has 3 heterocycles. The van der Waals surface area contributed by atoms with Crippen LogP contribution in [0, 0.1) is 12.8 Å². The molecule has 54 heavy (non-hydrogen) atoms. The third-order valence-corrected chi connectivity index (χ3v) is 10.9. The Kier molecular flexibility index (Phi) is 18.8. The number of pyridine rings is 1. The lowest BCUT2D eigenvalue weighted by Gasteiger charge is -2.20. The Morgan fingerprint density at radius 3 is 2.41 bits per heavy atom. The first-order chi connectivity index (χ1) is 26.2. The van der Waals surface area contributed by atoms with E-state index in [1.165, 1.54) is 4.57 Å². The molecule has 1 fully saturated rings. The molecule has 2 aromatic carbocycles. The molecule has 3 atom stereocenters. The number of nitrogens with zero attached hydrogens (tertiary/aromatic N) is 3. The number of hydrogen-bond donors (Lipinski definition) is 5. The molecule has 2 unspecified atom stereocenters. The van der Waals surface area contributed by atoms with Crippen molar-refractivity contribution < 1.29 is 14.4 Å². The van der Waals surface area contributed by atoms with Crippen LogP contribution < -0.4 is 32.6 Å². The molecule has 0 aliphatic carbocycles. The second kappa shape index (κ2) is 23.2. The summed E-state index contributed by atoms with van der Waals surface area (Å²) in [6.45, 7) is 0.691. The third-order valence-electron chi connectivity index (χ3n) is 8.70. The van der Waals surface area contributed by atoms with Gasteiger partial charge in [-0.1, -0.05) is 42.1 Å². The number of nitrogens with two attached hydrogens (primary N) is 1. The van der Waals surface area contributed by atoms with Crippen LogP contribution >= 0.6 is 35.0 Å². The van der Waals surface area contributed by atoms with E-state index < -0.39 is 0 Å². The minimum Gasteiger partial charge on any atom is -0.388 e. The van der Waals surface area contributed by atoms with E-state index in [-0.39, 0.29) is 23.6 Å². The highest BCUT2D eigenvalue weighted by Crippen LogP contribution is 2.34. The normalized spacial score (nSPS) is 15.9. The zero-order chi connectivity index (χ0) is 39.5. The number of rotatable bonds is 17. The molecule has 6 N–H and O–H groups in total. The highest BCUT2D eigenvalue weighted by atomic mass is 35.5. The highest BCUT2D eigenvalue weighted by molar-refractivity contribution is 8.00. The van der Waals surface area contributed by atoms with Crippen LogP contribution in [-0.2, 0) is 21.4 Å². The molecule has 1 saturated heterocycles. The summed E-state index contributed by atoms with van der Waals surface area (Å²) in [6, 6.07) is 14.7. The number of carbonyl (C=O) groups is 3. The average molecular weight is 796 g/mol. The first-order valence-corrected chi connectivity index (χ1v) is 19.4. The molecule has 12 nitrogen and oxygen atoms in total. The summed E-state index contributed by atoms with van der Waals surface area (Å²) in [5.74, 6) is 1.37. The predicted molar refractivity (Wildman–Crippen MR) is 223 cm³/mol. The molecule has 2 aromatic heterocycles. The molecular weight excluding hydrogens is 747 g/mol. The van der Waals surface area contributed by atoms with Gasteiger partial charge in [-0.05, 0) is 68.1 Å². The molecule has 2 amide bonds. The van der Waals surface area contributed by atoms with Gasteiger partial charge in [0.05, 0.1) is 21.7 Å². The van der Waals surface area contributed by atoms with Crippen molar-refractivity contribution in [2.45, 2.75) is 68.7 Å². The quantitative estimate of drug-likeness (QED) is 0.0463. The molecule has 4 aromatic rings. The lowest BCUT2D eigenvalue weighted by Crippen LogP contribution is -2.46. The second-order valence-corrected chi connectivity index (χ2v) is 14.5. The first kappa shape index (κ1) is 43.8. The Morgan fingerprint density at radius 1 is 1.04 bits per heavy atom. The van der Waals surface area contributed by atoms with Crippen LogP contribution in [0.15, 0.2) is 59.5 Å². The van der Waals surface area contributed by atoms with Crippen molar-refractivity contribution >= 4 is 81.9 Å². The molecule has 0 spiro atoms. The molecule has 1 aliphatic heterocycles. The molecule has 0 bridgehead atoms. The van der Waals surface area contributed by atoms with E-state index in [1.54, 1.807) is 37.5 Å². The van der Waals surface area contributed by atoms with Gasteiger partial charge in [0.15, 0.2) is 0 Å². The maximum absolute atomic E-state index is 13.0. The minimum absolute atomic E-state index is 0.0257. The van der Waals surface area contributed by atoms with E-state index in [4.69, 9.17) is 28.9 Å². The van der Waals surface area contributed by atoms with Crippen LogP contribution in [0.3, 0.4) is 0 Å². The number of benzene rings is 2. The Morgan fingerprint density at radius 2 is 1.74 bits per heavy atom. The Hall–Kier alpha value is -4.61. The van der Waals surface area contributed by atoms with E-state index in [0.29, 0.717) is 62.8 Å². The smallest absolute Gasteiger partial charge is 0.259 e. The zero-order valence-electron chi connectivity index (χ0n) is 30.5.